The topological polar surface area (TPSA) is 49.8 Å². The molecule has 1 heterocycles. The number of nitrogens with one attached hydrogen (secondary N) is 2. The SMILES string of the molecule is Cc1nnc(NCCCNc2ccccc2)s1. The van der Waals surface area contributed by atoms with E-state index in [1.54, 1.807) is 11.3 Å². The molecule has 0 spiro atoms. The Balaban J connectivity index is 1.61. The highest BCUT2D eigenvalue weighted by Gasteiger charge is 1.97. The van der Waals surface area contributed by atoms with Crippen LogP contribution >= 0.6 is 11.3 Å². The first kappa shape index (κ1) is 11.9. The number of aromatic nitrogens is 2. The first-order valence-corrected chi connectivity index (χ1v) is 6.49. The average molecular weight is 248 g/mol. The summed E-state index contributed by atoms with van der Waals surface area (Å²) in [6.07, 6.45) is 1.05. The fourth-order valence-corrected chi connectivity index (χ4v) is 2.06. The molecule has 0 bridgehead atoms. The summed E-state index contributed by atoms with van der Waals surface area (Å²) in [6.45, 7) is 3.82. The molecule has 0 radical (unpaired) electrons. The highest BCUT2D eigenvalue weighted by molar-refractivity contribution is 7.15. The minimum Gasteiger partial charge on any atom is -0.385 e. The predicted molar refractivity (Wildman–Crippen MR) is 72.7 cm³/mol. The van der Waals surface area contributed by atoms with Crippen molar-refractivity contribution in [3.05, 3.63) is 35.3 Å². The number of aryl methyl sites for hydroxylation is 1. The first-order chi connectivity index (χ1) is 8.34. The third-order valence-electron chi connectivity index (χ3n) is 2.26. The van der Waals surface area contributed by atoms with Crippen LogP contribution in [0.3, 0.4) is 0 Å². The largest absolute Gasteiger partial charge is 0.385 e. The molecule has 2 aromatic rings. The second-order valence-electron chi connectivity index (χ2n) is 3.70. The van der Waals surface area contributed by atoms with Crippen molar-refractivity contribution in [2.24, 2.45) is 0 Å². The molecule has 0 amide bonds. The maximum absolute atomic E-state index is 4.01. The first-order valence-electron chi connectivity index (χ1n) is 5.67. The van der Waals surface area contributed by atoms with Crippen LogP contribution < -0.4 is 10.6 Å². The van der Waals surface area contributed by atoms with E-state index < -0.39 is 0 Å². The van der Waals surface area contributed by atoms with Crippen molar-refractivity contribution in [3.8, 4) is 0 Å². The Morgan fingerprint density at radius 2 is 1.82 bits per heavy atom. The molecule has 1 aromatic heterocycles. The monoisotopic (exact) mass is 248 g/mol. The van der Waals surface area contributed by atoms with Crippen molar-refractivity contribution in [1.82, 2.24) is 10.2 Å². The normalized spacial score (nSPS) is 10.2. The van der Waals surface area contributed by atoms with Gasteiger partial charge in [-0.25, -0.2) is 0 Å². The second kappa shape index (κ2) is 6.20. The Morgan fingerprint density at radius 1 is 1.06 bits per heavy atom. The predicted octanol–water partition coefficient (Wildman–Crippen LogP) is 2.76. The van der Waals surface area contributed by atoms with Crippen LogP contribution in [0.4, 0.5) is 10.8 Å². The molecule has 1 aromatic carbocycles. The highest BCUT2D eigenvalue weighted by Crippen LogP contribution is 2.13. The molecule has 0 aliphatic carbocycles. The Bertz CT molecular complexity index is 441. The van der Waals surface area contributed by atoms with E-state index in [9.17, 15) is 0 Å². The van der Waals surface area contributed by atoms with E-state index in [1.165, 1.54) is 5.69 Å². The van der Waals surface area contributed by atoms with Gasteiger partial charge < -0.3 is 10.6 Å². The van der Waals surface area contributed by atoms with E-state index in [0.717, 1.165) is 29.6 Å². The lowest BCUT2D eigenvalue weighted by Crippen LogP contribution is -2.08. The summed E-state index contributed by atoms with van der Waals surface area (Å²) >= 11 is 1.59. The lowest BCUT2D eigenvalue weighted by Gasteiger charge is -2.06. The molecule has 5 heteroatoms. The van der Waals surface area contributed by atoms with Crippen LogP contribution in [-0.2, 0) is 0 Å². The molecule has 90 valence electrons. The van der Waals surface area contributed by atoms with Gasteiger partial charge in [-0.15, -0.1) is 10.2 Å². The van der Waals surface area contributed by atoms with Crippen LogP contribution in [0.2, 0.25) is 0 Å². The van der Waals surface area contributed by atoms with Crippen molar-refractivity contribution in [2.45, 2.75) is 13.3 Å². The third-order valence-corrected chi connectivity index (χ3v) is 3.06. The van der Waals surface area contributed by atoms with E-state index in [-0.39, 0.29) is 0 Å². The molecular weight excluding hydrogens is 232 g/mol. The van der Waals surface area contributed by atoms with Gasteiger partial charge >= 0.3 is 0 Å². The molecule has 0 saturated heterocycles. The lowest BCUT2D eigenvalue weighted by atomic mass is 10.3. The van der Waals surface area contributed by atoms with Crippen LogP contribution in [0.1, 0.15) is 11.4 Å². The zero-order chi connectivity index (χ0) is 11.9. The minimum atomic E-state index is 0.905. The molecule has 0 saturated carbocycles. The van der Waals surface area contributed by atoms with Gasteiger partial charge in [0.1, 0.15) is 5.01 Å². The zero-order valence-electron chi connectivity index (χ0n) is 9.81. The summed E-state index contributed by atoms with van der Waals surface area (Å²) < 4.78 is 0. The smallest absolute Gasteiger partial charge is 0.205 e. The van der Waals surface area contributed by atoms with Crippen molar-refractivity contribution in [1.29, 1.82) is 0 Å². The summed E-state index contributed by atoms with van der Waals surface area (Å²) in [7, 11) is 0. The van der Waals surface area contributed by atoms with Gasteiger partial charge in [0.15, 0.2) is 0 Å². The molecule has 0 fully saturated rings. The van der Waals surface area contributed by atoms with Gasteiger partial charge in [0.05, 0.1) is 0 Å². The van der Waals surface area contributed by atoms with Crippen molar-refractivity contribution < 1.29 is 0 Å². The number of rotatable bonds is 6. The molecular formula is C12H16N4S. The van der Waals surface area contributed by atoms with Gasteiger partial charge in [0.25, 0.3) is 0 Å². The van der Waals surface area contributed by atoms with Gasteiger partial charge in [-0.05, 0) is 25.5 Å². The second-order valence-corrected chi connectivity index (χ2v) is 4.88. The van der Waals surface area contributed by atoms with Gasteiger partial charge in [-0.3, -0.25) is 0 Å². The Hall–Kier alpha value is -1.62. The summed E-state index contributed by atoms with van der Waals surface area (Å²) in [5.74, 6) is 0. The summed E-state index contributed by atoms with van der Waals surface area (Å²) in [5.41, 5.74) is 1.17. The van der Waals surface area contributed by atoms with E-state index >= 15 is 0 Å². The highest BCUT2D eigenvalue weighted by atomic mass is 32.1. The molecule has 17 heavy (non-hydrogen) atoms. The van der Waals surface area contributed by atoms with Crippen LogP contribution in [0.15, 0.2) is 30.3 Å². The summed E-state index contributed by atoms with van der Waals surface area (Å²) in [5, 5.41) is 16.5. The van der Waals surface area contributed by atoms with Crippen molar-refractivity contribution in [3.63, 3.8) is 0 Å². The van der Waals surface area contributed by atoms with Gasteiger partial charge in [0.2, 0.25) is 5.13 Å². The van der Waals surface area contributed by atoms with Crippen LogP contribution in [0.5, 0.6) is 0 Å². The minimum absolute atomic E-state index is 0.905. The Labute approximate surface area is 105 Å². The Kier molecular flexibility index (Phi) is 4.32. The molecule has 0 aliphatic heterocycles. The molecule has 0 atom stereocenters. The summed E-state index contributed by atoms with van der Waals surface area (Å²) in [6, 6.07) is 10.2. The number of hydrogen-bond donors (Lipinski definition) is 2. The number of hydrogen-bond acceptors (Lipinski definition) is 5. The van der Waals surface area contributed by atoms with E-state index in [4.69, 9.17) is 0 Å². The number of para-hydroxylation sites is 1. The number of benzene rings is 1. The quantitative estimate of drug-likeness (QED) is 0.772. The van der Waals surface area contributed by atoms with Crippen LogP contribution in [0, 0.1) is 6.92 Å². The van der Waals surface area contributed by atoms with E-state index in [1.807, 2.05) is 25.1 Å². The molecule has 4 nitrogen and oxygen atoms in total. The van der Waals surface area contributed by atoms with Crippen LogP contribution in [-0.4, -0.2) is 23.3 Å². The van der Waals surface area contributed by atoms with Gasteiger partial charge in [0, 0.05) is 18.8 Å². The standard InChI is InChI=1S/C12H16N4S/c1-10-15-16-12(17-10)14-9-5-8-13-11-6-3-2-4-7-11/h2-4,6-7,13H,5,8-9H2,1H3,(H,14,16). The number of nitrogens with zero attached hydrogens (tertiary/aromatic N) is 2. The summed E-state index contributed by atoms with van der Waals surface area (Å²) in [4.78, 5) is 0. The maximum Gasteiger partial charge on any atom is 0.205 e. The molecule has 0 aliphatic rings. The third kappa shape index (κ3) is 4.03. The fraction of sp³-hybridized carbons (Fsp3) is 0.333. The number of anilines is 2. The van der Waals surface area contributed by atoms with Gasteiger partial charge in [-0.2, -0.15) is 0 Å². The zero-order valence-corrected chi connectivity index (χ0v) is 10.6. The van der Waals surface area contributed by atoms with Crippen molar-refractivity contribution in [2.75, 3.05) is 23.7 Å². The average Bonchev–Trinajstić information content (AvgIpc) is 2.76. The van der Waals surface area contributed by atoms with E-state index in [2.05, 4.69) is 33.0 Å². The molecule has 2 rings (SSSR count). The molecule has 2 N–H and O–H groups in total. The lowest BCUT2D eigenvalue weighted by molar-refractivity contribution is 0.901. The van der Waals surface area contributed by atoms with Crippen molar-refractivity contribution >= 4 is 22.2 Å². The maximum atomic E-state index is 4.01. The molecule has 0 unspecified atom stereocenters. The van der Waals surface area contributed by atoms with Crippen LogP contribution in [0.25, 0.3) is 0 Å². The fourth-order valence-electron chi connectivity index (χ4n) is 1.44. The van der Waals surface area contributed by atoms with E-state index in [0.29, 0.717) is 0 Å². The van der Waals surface area contributed by atoms with Gasteiger partial charge in [-0.1, -0.05) is 29.5 Å². The Morgan fingerprint density at radius 3 is 2.53 bits per heavy atom.